The van der Waals surface area contributed by atoms with Crippen LogP contribution in [0, 0.1) is 0 Å². The molecule has 0 unspecified atom stereocenters. The molecule has 9 heteroatoms. The Morgan fingerprint density at radius 2 is 1.92 bits per heavy atom. The van der Waals surface area contributed by atoms with Crippen LogP contribution in [0.5, 0.6) is 5.88 Å². The van der Waals surface area contributed by atoms with Gasteiger partial charge in [0.15, 0.2) is 0 Å². The summed E-state index contributed by atoms with van der Waals surface area (Å²) in [5.41, 5.74) is 1.79. The van der Waals surface area contributed by atoms with Gasteiger partial charge in [-0.2, -0.15) is 5.10 Å². The zero-order valence-corrected chi connectivity index (χ0v) is 16.3. The first kappa shape index (κ1) is 19.9. The number of hydrazone groups is 1. The zero-order chi connectivity index (χ0) is 19.1. The highest BCUT2D eigenvalue weighted by Crippen LogP contribution is 2.17. The molecular formula is C17H23BrN5O3+. The number of H-pyrrole nitrogens is 1. The van der Waals surface area contributed by atoms with Gasteiger partial charge in [-0.1, -0.05) is 15.9 Å². The van der Waals surface area contributed by atoms with E-state index in [1.165, 1.54) is 11.1 Å². The van der Waals surface area contributed by atoms with Gasteiger partial charge in [0.1, 0.15) is 5.56 Å². The number of aromatic amines is 1. The largest absolute Gasteiger partial charge is 0.493 e. The monoisotopic (exact) mass is 424 g/mol. The first-order valence-electron chi connectivity index (χ1n) is 8.41. The third kappa shape index (κ3) is 4.83. The number of halogens is 1. The lowest BCUT2D eigenvalue weighted by Crippen LogP contribution is -3.12. The van der Waals surface area contributed by atoms with Crippen molar-refractivity contribution in [2.24, 2.45) is 5.10 Å². The number of likely N-dealkylation sites (N-methyl/N-ethyl adjacent to an activating group) is 1. The molecule has 2 aromatic rings. The Morgan fingerprint density at radius 3 is 2.54 bits per heavy atom. The molecule has 0 aliphatic heterocycles. The van der Waals surface area contributed by atoms with E-state index >= 15 is 0 Å². The molecule has 140 valence electrons. The summed E-state index contributed by atoms with van der Waals surface area (Å²) in [4.78, 5) is 27.7. The van der Waals surface area contributed by atoms with Crippen molar-refractivity contribution in [1.82, 2.24) is 15.0 Å². The lowest BCUT2D eigenvalue weighted by Gasteiger charge is -2.14. The third-order valence-electron chi connectivity index (χ3n) is 4.08. The lowest BCUT2D eigenvalue weighted by atomic mass is 10.3. The SMILES string of the molecule is CC[NH+](CC)CCN/N=C/c1c(O)n(-c2ccc(Br)cc2)c(=O)[nH]c1=O. The number of aromatic nitrogens is 2. The van der Waals surface area contributed by atoms with Gasteiger partial charge in [-0.15, -0.1) is 0 Å². The number of hydrogen-bond donors (Lipinski definition) is 4. The second-order valence-corrected chi connectivity index (χ2v) is 6.60. The number of nitrogens with zero attached hydrogens (tertiary/aromatic N) is 2. The van der Waals surface area contributed by atoms with E-state index in [0.717, 1.165) is 28.7 Å². The first-order chi connectivity index (χ1) is 12.5. The Balaban J connectivity index is 2.23. The highest BCUT2D eigenvalue weighted by atomic mass is 79.9. The molecule has 0 bridgehead atoms. The highest BCUT2D eigenvalue weighted by molar-refractivity contribution is 9.10. The second-order valence-electron chi connectivity index (χ2n) is 5.68. The van der Waals surface area contributed by atoms with Crippen LogP contribution in [-0.2, 0) is 0 Å². The number of nitrogens with one attached hydrogen (secondary N) is 3. The number of quaternary nitrogens is 1. The predicted octanol–water partition coefficient (Wildman–Crippen LogP) is -0.158. The van der Waals surface area contributed by atoms with Crippen LogP contribution >= 0.6 is 15.9 Å². The molecule has 1 aromatic carbocycles. The topological polar surface area (TPSA) is 104 Å². The van der Waals surface area contributed by atoms with Crippen LogP contribution in [0.1, 0.15) is 19.4 Å². The average Bonchev–Trinajstić information content (AvgIpc) is 2.62. The van der Waals surface area contributed by atoms with Crippen LogP contribution in [-0.4, -0.2) is 47.1 Å². The maximum Gasteiger partial charge on any atom is 0.335 e. The van der Waals surface area contributed by atoms with Crippen molar-refractivity contribution in [3.05, 3.63) is 55.1 Å². The van der Waals surface area contributed by atoms with Gasteiger partial charge < -0.3 is 15.4 Å². The lowest BCUT2D eigenvalue weighted by molar-refractivity contribution is -0.895. The summed E-state index contributed by atoms with van der Waals surface area (Å²) < 4.78 is 1.86. The second kappa shape index (κ2) is 9.35. The maximum absolute atomic E-state index is 12.1. The normalized spacial score (nSPS) is 11.4. The molecule has 0 fully saturated rings. The summed E-state index contributed by atoms with van der Waals surface area (Å²) >= 11 is 3.31. The van der Waals surface area contributed by atoms with E-state index in [0.29, 0.717) is 12.2 Å². The van der Waals surface area contributed by atoms with Crippen molar-refractivity contribution in [3.8, 4) is 11.6 Å². The van der Waals surface area contributed by atoms with Crippen molar-refractivity contribution in [3.63, 3.8) is 0 Å². The Bertz CT molecular complexity index is 869. The molecule has 2 rings (SSSR count). The average molecular weight is 425 g/mol. The van der Waals surface area contributed by atoms with Crippen molar-refractivity contribution >= 4 is 22.1 Å². The molecule has 0 amide bonds. The van der Waals surface area contributed by atoms with Crippen LogP contribution in [0.3, 0.4) is 0 Å². The minimum absolute atomic E-state index is 0.0878. The Morgan fingerprint density at radius 1 is 1.27 bits per heavy atom. The fourth-order valence-electron chi connectivity index (χ4n) is 2.50. The summed E-state index contributed by atoms with van der Waals surface area (Å²) in [6.07, 6.45) is 1.22. The molecule has 0 saturated carbocycles. The van der Waals surface area contributed by atoms with E-state index in [2.05, 4.69) is 45.3 Å². The van der Waals surface area contributed by atoms with Crippen molar-refractivity contribution in [1.29, 1.82) is 0 Å². The number of hydrogen-bond acceptors (Lipinski definition) is 5. The fraction of sp³-hybridized carbons (Fsp3) is 0.353. The Kier molecular flexibility index (Phi) is 7.16. The van der Waals surface area contributed by atoms with Gasteiger partial charge in [-0.25, -0.2) is 9.36 Å². The van der Waals surface area contributed by atoms with Crippen LogP contribution in [0.4, 0.5) is 0 Å². The van der Waals surface area contributed by atoms with Gasteiger partial charge in [0.25, 0.3) is 5.56 Å². The van der Waals surface area contributed by atoms with Gasteiger partial charge in [0.05, 0.1) is 38.1 Å². The smallest absolute Gasteiger partial charge is 0.335 e. The molecule has 0 aliphatic carbocycles. The molecule has 1 aromatic heterocycles. The minimum Gasteiger partial charge on any atom is -0.493 e. The molecular weight excluding hydrogens is 402 g/mol. The maximum atomic E-state index is 12.1. The standard InChI is InChI=1S/C17H22BrN5O3/c1-3-22(4-2)10-9-19-20-11-14-15(24)21-17(26)23(16(14)25)13-7-5-12(18)6-8-13/h5-8,11,19,25H,3-4,9-10H2,1-2H3,(H,21,24,26)/p+1/b20-11+. The molecule has 0 spiro atoms. The number of rotatable bonds is 8. The summed E-state index contributed by atoms with van der Waals surface area (Å²) in [5.74, 6) is -0.457. The molecule has 0 aliphatic rings. The van der Waals surface area contributed by atoms with E-state index in [1.54, 1.807) is 24.3 Å². The van der Waals surface area contributed by atoms with E-state index in [4.69, 9.17) is 0 Å². The molecule has 8 nitrogen and oxygen atoms in total. The highest BCUT2D eigenvalue weighted by Gasteiger charge is 2.14. The van der Waals surface area contributed by atoms with Crippen LogP contribution in [0.2, 0.25) is 0 Å². The Hall–Kier alpha value is -2.39. The molecule has 0 atom stereocenters. The Labute approximate surface area is 159 Å². The molecule has 26 heavy (non-hydrogen) atoms. The van der Waals surface area contributed by atoms with E-state index in [-0.39, 0.29) is 5.56 Å². The summed E-state index contributed by atoms with van der Waals surface area (Å²) in [6, 6.07) is 6.76. The summed E-state index contributed by atoms with van der Waals surface area (Å²) in [5, 5.41) is 14.4. The predicted molar refractivity (Wildman–Crippen MR) is 105 cm³/mol. The fourth-order valence-corrected chi connectivity index (χ4v) is 2.76. The van der Waals surface area contributed by atoms with Crippen molar-refractivity contribution < 1.29 is 10.0 Å². The third-order valence-corrected chi connectivity index (χ3v) is 4.61. The summed E-state index contributed by atoms with van der Waals surface area (Å²) in [7, 11) is 0. The van der Waals surface area contributed by atoms with Crippen LogP contribution in [0.15, 0.2) is 43.4 Å². The molecule has 0 radical (unpaired) electrons. The van der Waals surface area contributed by atoms with Crippen molar-refractivity contribution in [2.45, 2.75) is 13.8 Å². The van der Waals surface area contributed by atoms with Crippen molar-refractivity contribution in [2.75, 3.05) is 26.2 Å². The van der Waals surface area contributed by atoms with E-state index < -0.39 is 17.1 Å². The van der Waals surface area contributed by atoms with Crippen LogP contribution in [0.25, 0.3) is 5.69 Å². The van der Waals surface area contributed by atoms with E-state index in [1.807, 2.05) is 0 Å². The minimum atomic E-state index is -0.718. The van der Waals surface area contributed by atoms with Gasteiger partial charge >= 0.3 is 5.69 Å². The van der Waals surface area contributed by atoms with Gasteiger partial charge in [-0.3, -0.25) is 9.78 Å². The zero-order valence-electron chi connectivity index (χ0n) is 14.8. The van der Waals surface area contributed by atoms with Gasteiger partial charge in [0.2, 0.25) is 5.88 Å². The summed E-state index contributed by atoms with van der Waals surface area (Å²) in [6.45, 7) is 7.82. The van der Waals surface area contributed by atoms with E-state index in [9.17, 15) is 14.7 Å². The van der Waals surface area contributed by atoms with Gasteiger partial charge in [0, 0.05) is 4.47 Å². The molecule has 4 N–H and O–H groups in total. The van der Waals surface area contributed by atoms with Crippen LogP contribution < -0.4 is 21.6 Å². The quantitative estimate of drug-likeness (QED) is 0.268. The molecule has 1 heterocycles. The van der Waals surface area contributed by atoms with Gasteiger partial charge in [-0.05, 0) is 38.1 Å². The number of aromatic hydroxyl groups is 1. The molecule has 0 saturated heterocycles. The number of benzene rings is 1. The first-order valence-corrected chi connectivity index (χ1v) is 9.20.